The Hall–Kier alpha value is 0.460. The maximum atomic E-state index is 3.56. The molecule has 0 fully saturated rings. The van der Waals surface area contributed by atoms with Crippen LogP contribution in [0.4, 0.5) is 0 Å². The van der Waals surface area contributed by atoms with Crippen molar-refractivity contribution in [2.75, 3.05) is 0 Å². The number of halogens is 2. The second-order valence-corrected chi connectivity index (χ2v) is 5.15. The molecular weight excluding hydrogens is 290 g/mol. The van der Waals surface area contributed by atoms with Gasteiger partial charge in [0, 0.05) is 12.1 Å². The topological polar surface area (TPSA) is 3.88 Å². The van der Waals surface area contributed by atoms with E-state index in [0.717, 1.165) is 6.54 Å². The van der Waals surface area contributed by atoms with Crippen molar-refractivity contribution >= 4 is 27.7 Å². The summed E-state index contributed by atoms with van der Waals surface area (Å²) in [6, 6.07) is 6.28. The van der Waals surface area contributed by atoms with Crippen LogP contribution in [0.5, 0.6) is 0 Å². The lowest BCUT2D eigenvalue weighted by molar-refractivity contribution is -0.724. The van der Waals surface area contributed by atoms with E-state index in [1.54, 1.807) is 0 Å². The first-order chi connectivity index (χ1) is 4.86. The van der Waals surface area contributed by atoms with Crippen molar-refractivity contribution in [1.82, 2.24) is 0 Å². The third-order valence-corrected chi connectivity index (χ3v) is 3.36. The Kier molecular flexibility index (Phi) is 3.40. The number of aromatic nitrogens is 1. The Labute approximate surface area is 89.1 Å². The summed E-state index contributed by atoms with van der Waals surface area (Å²) in [6.07, 6.45) is 2.11. The molecule has 1 aliphatic rings. The zero-order valence-electron chi connectivity index (χ0n) is 5.71. The molecule has 0 radical (unpaired) electrons. The van der Waals surface area contributed by atoms with Gasteiger partial charge < -0.3 is 17.0 Å². The highest BCUT2D eigenvalue weighted by molar-refractivity contribution is 9.11. The van der Waals surface area contributed by atoms with E-state index in [-0.39, 0.29) is 17.0 Å². The van der Waals surface area contributed by atoms with Gasteiger partial charge >= 0.3 is 0 Å². The minimum Gasteiger partial charge on any atom is -1.00 e. The van der Waals surface area contributed by atoms with Crippen molar-refractivity contribution in [2.24, 2.45) is 0 Å². The minimum absolute atomic E-state index is 0. The summed E-state index contributed by atoms with van der Waals surface area (Å²) in [4.78, 5) is 0. The van der Waals surface area contributed by atoms with Crippen LogP contribution in [0, 0.1) is 0 Å². The van der Waals surface area contributed by atoms with Gasteiger partial charge in [-0.1, -0.05) is 15.9 Å². The van der Waals surface area contributed by atoms with Crippen LogP contribution in [0.3, 0.4) is 0 Å². The highest BCUT2D eigenvalue weighted by Gasteiger charge is 2.26. The number of nitrogens with zero attached hydrogens (tertiary/aromatic N) is 1. The van der Waals surface area contributed by atoms with E-state index < -0.39 is 0 Å². The summed E-state index contributed by atoms with van der Waals surface area (Å²) in [5.41, 5.74) is 0. The van der Waals surface area contributed by atoms with Crippen molar-refractivity contribution in [3.8, 4) is 0 Å². The van der Waals surface area contributed by atoms with Gasteiger partial charge in [0.25, 0.3) is 0 Å². The fourth-order valence-corrected chi connectivity index (χ4v) is 2.85. The van der Waals surface area contributed by atoms with Gasteiger partial charge in [0.05, 0.1) is 0 Å². The second kappa shape index (κ2) is 3.92. The lowest BCUT2D eigenvalue weighted by Crippen LogP contribution is -3.00. The fraction of sp³-hybridized carbons (Fsp3) is 0.286. The molecule has 0 saturated carbocycles. The number of thioether (sulfide) groups is 1. The van der Waals surface area contributed by atoms with Crippen LogP contribution < -0.4 is 21.5 Å². The summed E-state index contributed by atoms with van der Waals surface area (Å²) in [5, 5.41) is 1.35. The Morgan fingerprint density at radius 1 is 1.55 bits per heavy atom. The van der Waals surface area contributed by atoms with E-state index in [0.29, 0.717) is 4.16 Å². The Balaban J connectivity index is 0.000000605. The largest absolute Gasteiger partial charge is 1.00 e. The first-order valence-corrected chi connectivity index (χ1v) is 4.95. The number of hydrogen-bond donors (Lipinski definition) is 0. The van der Waals surface area contributed by atoms with E-state index in [2.05, 4.69) is 44.9 Å². The molecule has 1 aromatic heterocycles. The van der Waals surface area contributed by atoms with E-state index in [9.17, 15) is 0 Å². The Morgan fingerprint density at radius 3 is 3.09 bits per heavy atom. The van der Waals surface area contributed by atoms with Gasteiger partial charge in [0.2, 0.25) is 5.03 Å². The van der Waals surface area contributed by atoms with Crippen LogP contribution in [-0.2, 0) is 6.54 Å². The zero-order chi connectivity index (χ0) is 6.97. The van der Waals surface area contributed by atoms with E-state index >= 15 is 0 Å². The normalized spacial score (nSPS) is 20.6. The summed E-state index contributed by atoms with van der Waals surface area (Å²) >= 11 is 5.43. The molecule has 0 amide bonds. The monoisotopic (exact) mass is 295 g/mol. The lowest BCUT2D eigenvalue weighted by Gasteiger charge is -1.85. The molecule has 60 valence electrons. The molecular formula is C7H7Br2NS. The van der Waals surface area contributed by atoms with Gasteiger partial charge in [-0.2, -0.15) is 4.57 Å². The number of alkyl halides is 1. The summed E-state index contributed by atoms with van der Waals surface area (Å²) in [5.74, 6) is 0. The summed E-state index contributed by atoms with van der Waals surface area (Å²) in [6.45, 7) is 1.08. The molecule has 1 unspecified atom stereocenters. The van der Waals surface area contributed by atoms with Gasteiger partial charge in [-0.25, -0.2) is 0 Å². The molecule has 2 rings (SSSR count). The molecule has 1 nitrogen and oxygen atoms in total. The van der Waals surface area contributed by atoms with Crippen molar-refractivity contribution in [2.45, 2.75) is 15.7 Å². The molecule has 11 heavy (non-hydrogen) atoms. The number of pyridine rings is 1. The third kappa shape index (κ3) is 1.98. The molecule has 1 atom stereocenters. The SMILES string of the molecule is BrC1C[n+]2ccccc2S1.[Br-]. The van der Waals surface area contributed by atoms with Crippen LogP contribution in [0.1, 0.15) is 0 Å². The molecule has 1 aliphatic heterocycles. The predicted molar refractivity (Wildman–Crippen MR) is 45.2 cm³/mol. The maximum absolute atomic E-state index is 3.56. The van der Waals surface area contributed by atoms with Crippen molar-refractivity contribution in [3.05, 3.63) is 24.4 Å². The van der Waals surface area contributed by atoms with E-state index in [1.165, 1.54) is 5.03 Å². The quantitative estimate of drug-likeness (QED) is 0.430. The van der Waals surface area contributed by atoms with Gasteiger partial charge in [-0.15, -0.1) is 0 Å². The van der Waals surface area contributed by atoms with Crippen LogP contribution in [0.15, 0.2) is 29.4 Å². The fourth-order valence-electron chi connectivity index (χ4n) is 1.04. The van der Waals surface area contributed by atoms with Crippen LogP contribution in [0.2, 0.25) is 0 Å². The molecule has 0 N–H and O–H groups in total. The number of fused-ring (bicyclic) bond motifs is 1. The van der Waals surface area contributed by atoms with Crippen LogP contribution >= 0.6 is 27.7 Å². The molecule has 0 bridgehead atoms. The van der Waals surface area contributed by atoms with Gasteiger partial charge in [0.15, 0.2) is 12.7 Å². The van der Waals surface area contributed by atoms with E-state index in [1.807, 2.05) is 11.8 Å². The molecule has 0 spiro atoms. The van der Waals surface area contributed by atoms with Gasteiger partial charge in [0.1, 0.15) is 4.16 Å². The van der Waals surface area contributed by atoms with Crippen LogP contribution in [-0.4, -0.2) is 4.16 Å². The Bertz CT molecular complexity index is 229. The molecule has 1 aromatic rings. The molecule has 2 heterocycles. The Morgan fingerprint density at radius 2 is 2.36 bits per heavy atom. The van der Waals surface area contributed by atoms with Crippen molar-refractivity contribution in [3.63, 3.8) is 0 Å². The highest BCUT2D eigenvalue weighted by Crippen LogP contribution is 2.29. The molecule has 4 heteroatoms. The average Bonchev–Trinajstić information content (AvgIpc) is 2.27. The first kappa shape index (κ1) is 9.55. The number of rotatable bonds is 0. The molecule has 0 aliphatic carbocycles. The smallest absolute Gasteiger partial charge is 0.241 e. The zero-order valence-corrected chi connectivity index (χ0v) is 9.69. The van der Waals surface area contributed by atoms with Gasteiger partial charge in [-0.05, 0) is 17.8 Å². The van der Waals surface area contributed by atoms with E-state index in [4.69, 9.17) is 0 Å². The summed E-state index contributed by atoms with van der Waals surface area (Å²) < 4.78 is 2.82. The second-order valence-electron chi connectivity index (χ2n) is 2.22. The minimum atomic E-state index is 0. The van der Waals surface area contributed by atoms with Crippen molar-refractivity contribution < 1.29 is 21.5 Å². The molecule has 0 saturated heterocycles. The lowest BCUT2D eigenvalue weighted by atomic mass is 10.5. The van der Waals surface area contributed by atoms with Crippen LogP contribution in [0.25, 0.3) is 0 Å². The molecule has 0 aromatic carbocycles. The average molecular weight is 297 g/mol. The standard InChI is InChI=1S/C7H7BrNS.BrH/c8-6-5-9-4-2-1-3-7(9)10-6;/h1-4,6H,5H2;1H/q+1;/p-1. The van der Waals surface area contributed by atoms with Gasteiger partial charge in [-0.3, -0.25) is 0 Å². The van der Waals surface area contributed by atoms with Crippen molar-refractivity contribution in [1.29, 1.82) is 0 Å². The predicted octanol–water partition coefficient (Wildman–Crippen LogP) is -1.20. The number of hydrogen-bond acceptors (Lipinski definition) is 1. The first-order valence-electron chi connectivity index (χ1n) is 3.15. The highest BCUT2D eigenvalue weighted by atomic mass is 79.9. The summed E-state index contributed by atoms with van der Waals surface area (Å²) in [7, 11) is 0. The maximum Gasteiger partial charge on any atom is 0.241 e. The third-order valence-electron chi connectivity index (χ3n) is 1.49.